The van der Waals surface area contributed by atoms with E-state index in [9.17, 15) is 19.6 Å². The van der Waals surface area contributed by atoms with E-state index in [-0.39, 0.29) is 30.8 Å². The lowest BCUT2D eigenvalue weighted by molar-refractivity contribution is -0.148. The van der Waals surface area contributed by atoms with Crippen LogP contribution < -0.4 is 10.9 Å². The number of amides is 3. The molecule has 9 heteroatoms. The molecular weight excluding hydrogens is 506 g/mol. The van der Waals surface area contributed by atoms with Gasteiger partial charge in [0.1, 0.15) is 0 Å². The van der Waals surface area contributed by atoms with Crippen molar-refractivity contribution in [1.82, 2.24) is 25.7 Å². The van der Waals surface area contributed by atoms with Crippen LogP contribution in [0.4, 0.5) is 0 Å². The zero-order chi connectivity index (χ0) is 28.9. The summed E-state index contributed by atoms with van der Waals surface area (Å²) in [5.74, 6) is -2.48. The first-order valence-electron chi connectivity index (χ1n) is 14.3. The number of carbonyl (C=O) groups is 3. The Bertz CT molecular complexity index is 1060. The van der Waals surface area contributed by atoms with E-state index in [2.05, 4.69) is 22.3 Å². The van der Waals surface area contributed by atoms with Gasteiger partial charge < -0.3 is 4.90 Å². The number of hydrogen-bond acceptors (Lipinski definition) is 6. The molecule has 1 saturated heterocycles. The summed E-state index contributed by atoms with van der Waals surface area (Å²) in [5, 5.41) is 10.9. The lowest BCUT2D eigenvalue weighted by Gasteiger charge is -2.34. The van der Waals surface area contributed by atoms with Gasteiger partial charge in [0.15, 0.2) is 0 Å². The molecule has 0 spiro atoms. The Morgan fingerprint density at radius 2 is 1.48 bits per heavy atom. The molecule has 1 heterocycles. The standard InChI is InChI=1S/C31H45N5O4/c1-24(2)21-28(27(31(39)33-40)16-10-15-25-11-6-4-7-12-25)30(38)32-36(22-26-13-8-5-9-14-26)29(37)23-35-19-17-34(3)18-20-35/h4-9,11-14,24,27-28,40H,10,15-23H2,1-3H3,(H,32,38)(H,33,39)/t27?,28-/m1/s1. The first-order valence-corrected chi connectivity index (χ1v) is 14.3. The Balaban J connectivity index is 1.77. The fourth-order valence-electron chi connectivity index (χ4n) is 5.19. The smallest absolute Gasteiger partial charge is 0.255 e. The van der Waals surface area contributed by atoms with Crippen LogP contribution in [0.3, 0.4) is 0 Å². The van der Waals surface area contributed by atoms with E-state index >= 15 is 0 Å². The highest BCUT2D eigenvalue weighted by Gasteiger charge is 2.35. The van der Waals surface area contributed by atoms with Crippen molar-refractivity contribution in [2.45, 2.75) is 46.1 Å². The monoisotopic (exact) mass is 551 g/mol. The molecule has 0 saturated carbocycles. The Morgan fingerprint density at radius 3 is 2.05 bits per heavy atom. The van der Waals surface area contributed by atoms with Gasteiger partial charge in [-0.2, -0.15) is 0 Å². The van der Waals surface area contributed by atoms with Gasteiger partial charge in [-0.05, 0) is 49.8 Å². The van der Waals surface area contributed by atoms with Crippen LogP contribution in [0.5, 0.6) is 0 Å². The van der Waals surface area contributed by atoms with Gasteiger partial charge in [-0.1, -0.05) is 74.5 Å². The van der Waals surface area contributed by atoms with Crippen molar-refractivity contribution in [1.29, 1.82) is 0 Å². The number of nitrogens with zero attached hydrogens (tertiary/aromatic N) is 3. The number of hydrogen-bond donors (Lipinski definition) is 3. The maximum absolute atomic E-state index is 13.8. The summed E-state index contributed by atoms with van der Waals surface area (Å²) in [7, 11) is 2.06. The quantitative estimate of drug-likeness (QED) is 0.261. The van der Waals surface area contributed by atoms with Crippen molar-refractivity contribution in [3.63, 3.8) is 0 Å². The molecule has 218 valence electrons. The maximum atomic E-state index is 13.8. The van der Waals surface area contributed by atoms with Crippen LogP contribution in [0.2, 0.25) is 0 Å². The number of benzene rings is 2. The minimum Gasteiger partial charge on any atom is -0.304 e. The van der Waals surface area contributed by atoms with Gasteiger partial charge in [-0.15, -0.1) is 0 Å². The first kappa shape index (κ1) is 31.3. The third kappa shape index (κ3) is 10.0. The highest BCUT2D eigenvalue weighted by molar-refractivity contribution is 5.89. The summed E-state index contributed by atoms with van der Waals surface area (Å²) in [4.78, 5) is 44.5. The number of hydroxylamine groups is 1. The van der Waals surface area contributed by atoms with Gasteiger partial charge in [0.05, 0.1) is 24.9 Å². The molecule has 40 heavy (non-hydrogen) atoms. The zero-order valence-corrected chi connectivity index (χ0v) is 24.1. The van der Waals surface area contributed by atoms with Gasteiger partial charge >= 0.3 is 0 Å². The van der Waals surface area contributed by atoms with Crippen LogP contribution in [0, 0.1) is 17.8 Å². The van der Waals surface area contributed by atoms with Crippen LogP contribution in [-0.2, 0) is 27.3 Å². The number of likely N-dealkylation sites (N-methyl/N-ethyl adjacent to an activating group) is 1. The zero-order valence-electron chi connectivity index (χ0n) is 24.1. The van der Waals surface area contributed by atoms with Crippen LogP contribution in [0.15, 0.2) is 60.7 Å². The Labute approximate surface area is 238 Å². The van der Waals surface area contributed by atoms with Gasteiger partial charge in [0.2, 0.25) is 11.8 Å². The highest BCUT2D eigenvalue weighted by atomic mass is 16.5. The summed E-state index contributed by atoms with van der Waals surface area (Å²) in [6.45, 7) is 7.76. The fourth-order valence-corrected chi connectivity index (χ4v) is 5.19. The number of aryl methyl sites for hydroxylation is 1. The third-order valence-corrected chi connectivity index (χ3v) is 7.50. The Kier molecular flexibility index (Phi) is 12.6. The van der Waals surface area contributed by atoms with Gasteiger partial charge in [-0.3, -0.25) is 29.9 Å². The second-order valence-corrected chi connectivity index (χ2v) is 11.2. The van der Waals surface area contributed by atoms with Gasteiger partial charge in [-0.25, -0.2) is 10.5 Å². The molecule has 1 unspecified atom stereocenters. The van der Waals surface area contributed by atoms with Crippen LogP contribution in [0.25, 0.3) is 0 Å². The fraction of sp³-hybridized carbons (Fsp3) is 0.516. The molecule has 1 aliphatic rings. The number of rotatable bonds is 13. The van der Waals surface area contributed by atoms with Crippen LogP contribution in [0.1, 0.15) is 44.2 Å². The molecule has 0 aromatic heterocycles. The Hall–Kier alpha value is -3.27. The van der Waals surface area contributed by atoms with E-state index in [0.29, 0.717) is 19.3 Å². The molecule has 3 N–H and O–H groups in total. The first-order chi connectivity index (χ1) is 19.3. The third-order valence-electron chi connectivity index (χ3n) is 7.50. The minimum absolute atomic E-state index is 0.127. The van der Waals surface area contributed by atoms with E-state index in [0.717, 1.165) is 43.7 Å². The summed E-state index contributed by atoms with van der Waals surface area (Å²) >= 11 is 0. The van der Waals surface area contributed by atoms with E-state index in [1.807, 2.05) is 74.5 Å². The number of carbonyl (C=O) groups excluding carboxylic acids is 3. The van der Waals surface area contributed by atoms with Crippen molar-refractivity contribution < 1.29 is 19.6 Å². The average Bonchev–Trinajstić information content (AvgIpc) is 2.95. The molecule has 2 aromatic rings. The molecule has 1 aliphatic heterocycles. The molecule has 3 amide bonds. The molecule has 0 radical (unpaired) electrons. The molecular formula is C31H45N5O4. The van der Waals surface area contributed by atoms with Crippen molar-refractivity contribution >= 4 is 17.7 Å². The van der Waals surface area contributed by atoms with Gasteiger partial charge in [0, 0.05) is 26.2 Å². The van der Waals surface area contributed by atoms with Crippen molar-refractivity contribution in [3.8, 4) is 0 Å². The molecule has 9 nitrogen and oxygen atoms in total. The second-order valence-electron chi connectivity index (χ2n) is 11.2. The Morgan fingerprint density at radius 1 is 0.875 bits per heavy atom. The molecule has 3 rings (SSSR count). The van der Waals surface area contributed by atoms with Gasteiger partial charge in [0.25, 0.3) is 5.91 Å². The lowest BCUT2D eigenvalue weighted by Crippen LogP contribution is -2.54. The predicted octanol–water partition coefficient (Wildman–Crippen LogP) is 3.10. The molecule has 2 atom stereocenters. The topological polar surface area (TPSA) is 105 Å². The summed E-state index contributed by atoms with van der Waals surface area (Å²) < 4.78 is 0. The maximum Gasteiger partial charge on any atom is 0.255 e. The van der Waals surface area contributed by atoms with Crippen LogP contribution in [-0.4, -0.2) is 77.5 Å². The summed E-state index contributed by atoms with van der Waals surface area (Å²) in [6.07, 6.45) is 2.32. The van der Waals surface area contributed by atoms with E-state index < -0.39 is 17.7 Å². The lowest BCUT2D eigenvalue weighted by atomic mass is 9.81. The summed E-state index contributed by atoms with van der Waals surface area (Å²) in [6, 6.07) is 19.5. The largest absolute Gasteiger partial charge is 0.304 e. The molecule has 1 fully saturated rings. The minimum atomic E-state index is -0.734. The summed E-state index contributed by atoms with van der Waals surface area (Å²) in [5.41, 5.74) is 6.71. The molecule has 2 aromatic carbocycles. The average molecular weight is 552 g/mol. The number of nitrogens with one attached hydrogen (secondary N) is 2. The number of hydrazine groups is 1. The second kappa shape index (κ2) is 16.1. The van der Waals surface area contributed by atoms with Crippen molar-refractivity contribution in [2.75, 3.05) is 39.8 Å². The predicted molar refractivity (Wildman–Crippen MR) is 155 cm³/mol. The SMILES string of the molecule is CC(C)C[C@@H](C(=O)NN(Cc1ccccc1)C(=O)CN1CCN(C)CC1)C(CCCc1ccccc1)C(=O)NO. The normalized spacial score (nSPS) is 15.8. The number of piperazine rings is 1. The van der Waals surface area contributed by atoms with E-state index in [1.54, 1.807) is 5.48 Å². The molecule has 0 bridgehead atoms. The van der Waals surface area contributed by atoms with E-state index in [1.165, 1.54) is 5.01 Å². The van der Waals surface area contributed by atoms with Crippen LogP contribution >= 0.6 is 0 Å². The highest BCUT2D eigenvalue weighted by Crippen LogP contribution is 2.27. The van der Waals surface area contributed by atoms with E-state index in [4.69, 9.17) is 0 Å². The van der Waals surface area contributed by atoms with Crippen molar-refractivity contribution in [2.24, 2.45) is 17.8 Å². The van der Waals surface area contributed by atoms with Crippen molar-refractivity contribution in [3.05, 3.63) is 71.8 Å². The molecule has 0 aliphatic carbocycles.